The van der Waals surface area contributed by atoms with Gasteiger partial charge in [0.05, 0.1) is 19.1 Å². The van der Waals surface area contributed by atoms with Crippen LogP contribution in [0.25, 0.3) is 0 Å². The number of ether oxygens (including phenoxy) is 1. The number of hydrogen-bond acceptors (Lipinski definition) is 4. The van der Waals surface area contributed by atoms with Crippen LogP contribution < -0.4 is 4.74 Å². The SMILES string of the molecule is CON=Cc1ccc(OCCCc2cnc[nH]2)cc1. The van der Waals surface area contributed by atoms with Gasteiger partial charge in [0.15, 0.2) is 0 Å². The largest absolute Gasteiger partial charge is 0.494 e. The number of aromatic nitrogens is 2. The molecule has 0 amide bonds. The van der Waals surface area contributed by atoms with Crippen LogP contribution >= 0.6 is 0 Å². The second kappa shape index (κ2) is 7.20. The summed E-state index contributed by atoms with van der Waals surface area (Å²) in [7, 11) is 1.52. The molecule has 19 heavy (non-hydrogen) atoms. The zero-order valence-electron chi connectivity index (χ0n) is 10.9. The lowest BCUT2D eigenvalue weighted by Crippen LogP contribution is -1.99. The van der Waals surface area contributed by atoms with Gasteiger partial charge in [-0.2, -0.15) is 0 Å². The van der Waals surface area contributed by atoms with Crippen molar-refractivity contribution in [1.29, 1.82) is 0 Å². The minimum atomic E-state index is 0.685. The Hall–Kier alpha value is -2.30. The van der Waals surface area contributed by atoms with Crippen molar-refractivity contribution in [2.75, 3.05) is 13.7 Å². The third-order valence-electron chi connectivity index (χ3n) is 2.60. The van der Waals surface area contributed by atoms with E-state index in [0.29, 0.717) is 6.61 Å². The molecule has 0 spiro atoms. The molecule has 0 saturated heterocycles. The summed E-state index contributed by atoms with van der Waals surface area (Å²) in [5.74, 6) is 0.860. The number of aryl methyl sites for hydroxylation is 1. The van der Waals surface area contributed by atoms with Gasteiger partial charge in [-0.3, -0.25) is 0 Å². The highest BCUT2D eigenvalue weighted by Gasteiger charge is 1.96. The van der Waals surface area contributed by atoms with Crippen LogP contribution in [0.4, 0.5) is 0 Å². The van der Waals surface area contributed by atoms with Gasteiger partial charge in [0, 0.05) is 11.9 Å². The number of nitrogens with zero attached hydrogens (tertiary/aromatic N) is 2. The van der Waals surface area contributed by atoms with Crippen LogP contribution in [0.15, 0.2) is 41.9 Å². The summed E-state index contributed by atoms with van der Waals surface area (Å²) in [4.78, 5) is 11.7. The Bertz CT molecular complexity index is 492. The van der Waals surface area contributed by atoms with Crippen molar-refractivity contribution in [3.63, 3.8) is 0 Å². The van der Waals surface area contributed by atoms with Gasteiger partial charge < -0.3 is 14.6 Å². The second-order valence-corrected chi connectivity index (χ2v) is 4.01. The molecule has 2 rings (SSSR count). The van der Waals surface area contributed by atoms with E-state index in [9.17, 15) is 0 Å². The fraction of sp³-hybridized carbons (Fsp3) is 0.286. The van der Waals surface area contributed by atoms with Crippen molar-refractivity contribution >= 4 is 6.21 Å². The van der Waals surface area contributed by atoms with Gasteiger partial charge in [-0.25, -0.2) is 4.98 Å². The van der Waals surface area contributed by atoms with E-state index < -0.39 is 0 Å². The second-order valence-electron chi connectivity index (χ2n) is 4.01. The van der Waals surface area contributed by atoms with Crippen molar-refractivity contribution < 1.29 is 9.57 Å². The fourth-order valence-electron chi connectivity index (χ4n) is 1.64. The molecule has 2 aromatic rings. The zero-order chi connectivity index (χ0) is 13.3. The predicted molar refractivity (Wildman–Crippen MR) is 73.4 cm³/mol. The van der Waals surface area contributed by atoms with Crippen molar-refractivity contribution in [3.8, 4) is 5.75 Å². The molecule has 0 aliphatic carbocycles. The van der Waals surface area contributed by atoms with Gasteiger partial charge in [-0.1, -0.05) is 5.16 Å². The smallest absolute Gasteiger partial charge is 0.119 e. The summed E-state index contributed by atoms with van der Waals surface area (Å²) in [6.07, 6.45) is 7.08. The average Bonchev–Trinajstić information content (AvgIpc) is 2.96. The monoisotopic (exact) mass is 259 g/mol. The Morgan fingerprint density at radius 2 is 2.16 bits per heavy atom. The van der Waals surface area contributed by atoms with E-state index in [4.69, 9.17) is 4.74 Å². The van der Waals surface area contributed by atoms with Crippen LogP contribution in [0.3, 0.4) is 0 Å². The molecule has 0 radical (unpaired) electrons. The van der Waals surface area contributed by atoms with Gasteiger partial charge in [0.2, 0.25) is 0 Å². The van der Waals surface area contributed by atoms with Crippen molar-refractivity contribution in [2.24, 2.45) is 5.16 Å². The molecule has 1 aromatic carbocycles. The van der Waals surface area contributed by atoms with E-state index in [1.54, 1.807) is 12.5 Å². The van der Waals surface area contributed by atoms with E-state index in [2.05, 4.69) is 20.0 Å². The maximum absolute atomic E-state index is 5.65. The van der Waals surface area contributed by atoms with Crippen molar-refractivity contribution in [3.05, 3.63) is 48.0 Å². The summed E-state index contributed by atoms with van der Waals surface area (Å²) >= 11 is 0. The molecule has 5 nitrogen and oxygen atoms in total. The van der Waals surface area contributed by atoms with Gasteiger partial charge in [-0.05, 0) is 42.7 Å². The number of nitrogens with one attached hydrogen (secondary N) is 1. The Morgan fingerprint density at radius 1 is 1.32 bits per heavy atom. The lowest BCUT2D eigenvalue weighted by atomic mass is 10.2. The highest BCUT2D eigenvalue weighted by atomic mass is 16.6. The Morgan fingerprint density at radius 3 is 2.84 bits per heavy atom. The molecule has 0 saturated carbocycles. The predicted octanol–water partition coefficient (Wildman–Crippen LogP) is 2.40. The van der Waals surface area contributed by atoms with Gasteiger partial charge >= 0.3 is 0 Å². The topological polar surface area (TPSA) is 59.5 Å². The molecule has 1 aromatic heterocycles. The van der Waals surface area contributed by atoms with Gasteiger partial charge in [-0.15, -0.1) is 0 Å². The van der Waals surface area contributed by atoms with Gasteiger partial charge in [0.1, 0.15) is 12.9 Å². The molecule has 1 N–H and O–H groups in total. The van der Waals surface area contributed by atoms with Crippen molar-refractivity contribution in [2.45, 2.75) is 12.8 Å². The number of hydrogen-bond donors (Lipinski definition) is 1. The number of rotatable bonds is 7. The highest BCUT2D eigenvalue weighted by molar-refractivity contribution is 5.79. The normalized spacial score (nSPS) is 10.8. The number of oxime groups is 1. The Kier molecular flexibility index (Phi) is 4.98. The average molecular weight is 259 g/mol. The Labute approximate surface area is 112 Å². The number of imidazole rings is 1. The molecule has 0 atom stereocenters. The molecule has 0 unspecified atom stereocenters. The zero-order valence-corrected chi connectivity index (χ0v) is 10.9. The van der Waals surface area contributed by atoms with Crippen molar-refractivity contribution in [1.82, 2.24) is 9.97 Å². The number of H-pyrrole nitrogens is 1. The van der Waals surface area contributed by atoms with E-state index in [-0.39, 0.29) is 0 Å². The number of aromatic amines is 1. The first-order valence-corrected chi connectivity index (χ1v) is 6.15. The summed E-state index contributed by atoms with van der Waals surface area (Å²) in [6, 6.07) is 7.72. The van der Waals surface area contributed by atoms with Crippen LogP contribution in [0, 0.1) is 0 Å². The molecule has 0 bridgehead atoms. The van der Waals surface area contributed by atoms with Crippen LogP contribution in [-0.4, -0.2) is 29.9 Å². The van der Waals surface area contributed by atoms with Gasteiger partial charge in [0.25, 0.3) is 0 Å². The third-order valence-corrected chi connectivity index (χ3v) is 2.60. The van der Waals surface area contributed by atoms with E-state index in [1.807, 2.05) is 30.5 Å². The van der Waals surface area contributed by atoms with E-state index >= 15 is 0 Å². The summed E-state index contributed by atoms with van der Waals surface area (Å²) < 4.78 is 5.65. The minimum absolute atomic E-state index is 0.685. The molecule has 1 heterocycles. The van der Waals surface area contributed by atoms with Crippen LogP contribution in [-0.2, 0) is 11.3 Å². The molecular formula is C14H17N3O2. The van der Waals surface area contributed by atoms with Crippen LogP contribution in [0.1, 0.15) is 17.7 Å². The molecular weight excluding hydrogens is 242 g/mol. The molecule has 0 aliphatic heterocycles. The fourth-order valence-corrected chi connectivity index (χ4v) is 1.64. The molecule has 0 fully saturated rings. The first-order chi connectivity index (χ1) is 9.38. The molecule has 100 valence electrons. The maximum Gasteiger partial charge on any atom is 0.119 e. The highest BCUT2D eigenvalue weighted by Crippen LogP contribution is 2.11. The quantitative estimate of drug-likeness (QED) is 0.472. The lowest BCUT2D eigenvalue weighted by Gasteiger charge is -2.05. The number of benzene rings is 1. The van der Waals surface area contributed by atoms with E-state index in [1.165, 1.54) is 7.11 Å². The summed E-state index contributed by atoms with van der Waals surface area (Å²) in [5, 5.41) is 3.70. The summed E-state index contributed by atoms with van der Waals surface area (Å²) in [5.41, 5.74) is 2.11. The Balaban J connectivity index is 1.72. The molecule has 0 aliphatic rings. The minimum Gasteiger partial charge on any atom is -0.494 e. The van der Waals surface area contributed by atoms with E-state index in [0.717, 1.165) is 29.8 Å². The van der Waals surface area contributed by atoms with Crippen LogP contribution in [0.5, 0.6) is 5.75 Å². The maximum atomic E-state index is 5.65. The molecule has 5 heteroatoms. The van der Waals surface area contributed by atoms with Crippen LogP contribution in [0.2, 0.25) is 0 Å². The first kappa shape index (κ1) is 13.1. The third kappa shape index (κ3) is 4.46. The summed E-state index contributed by atoms with van der Waals surface area (Å²) in [6.45, 7) is 0.685. The standard InChI is InChI=1S/C14H17N3O2/c1-18-17-9-12-4-6-14(7-5-12)19-8-2-3-13-10-15-11-16-13/h4-7,9-11H,2-3,8H2,1H3,(H,15,16). The first-order valence-electron chi connectivity index (χ1n) is 6.15. The lowest BCUT2D eigenvalue weighted by molar-refractivity contribution is 0.215.